The number of carboxylic acid groups (broad SMARTS) is 1. The van der Waals surface area contributed by atoms with Gasteiger partial charge in [-0.1, -0.05) is 19.4 Å². The van der Waals surface area contributed by atoms with Gasteiger partial charge in [-0.05, 0) is 32.0 Å². The Bertz CT molecular complexity index is 381. The molecule has 0 amide bonds. The van der Waals surface area contributed by atoms with Crippen LogP contribution in [0.1, 0.15) is 32.3 Å². The summed E-state index contributed by atoms with van der Waals surface area (Å²) in [6, 6.07) is 3.90. The minimum atomic E-state index is -0.720. The molecular formula is C14H22N2O2. The second-order valence-electron chi connectivity index (χ2n) is 5.15. The van der Waals surface area contributed by atoms with Crippen LogP contribution in [-0.2, 0) is 11.3 Å². The van der Waals surface area contributed by atoms with Crippen molar-refractivity contribution in [1.29, 1.82) is 0 Å². The average molecular weight is 250 g/mol. The molecule has 18 heavy (non-hydrogen) atoms. The van der Waals surface area contributed by atoms with Crippen molar-refractivity contribution in [3.63, 3.8) is 0 Å². The number of pyridine rings is 1. The van der Waals surface area contributed by atoms with Crippen LogP contribution in [-0.4, -0.2) is 34.6 Å². The molecule has 1 atom stereocenters. The highest BCUT2D eigenvalue weighted by Crippen LogP contribution is 2.25. The van der Waals surface area contributed by atoms with Crippen LogP contribution in [0.4, 0.5) is 0 Å². The van der Waals surface area contributed by atoms with E-state index in [1.165, 1.54) is 0 Å². The van der Waals surface area contributed by atoms with Gasteiger partial charge in [0.1, 0.15) is 0 Å². The Kier molecular flexibility index (Phi) is 5.28. The molecule has 100 valence electrons. The Morgan fingerprint density at radius 1 is 1.56 bits per heavy atom. The van der Waals surface area contributed by atoms with E-state index in [0.717, 1.165) is 18.5 Å². The van der Waals surface area contributed by atoms with E-state index in [2.05, 4.69) is 4.98 Å². The van der Waals surface area contributed by atoms with E-state index >= 15 is 0 Å². The highest BCUT2D eigenvalue weighted by atomic mass is 16.4. The zero-order valence-corrected chi connectivity index (χ0v) is 11.4. The van der Waals surface area contributed by atoms with Crippen molar-refractivity contribution in [3.05, 3.63) is 30.1 Å². The maximum Gasteiger partial charge on any atom is 0.310 e. The maximum absolute atomic E-state index is 11.4. The lowest BCUT2D eigenvalue weighted by Crippen LogP contribution is -2.39. The van der Waals surface area contributed by atoms with E-state index < -0.39 is 11.4 Å². The lowest BCUT2D eigenvalue weighted by atomic mass is 9.85. The minimum absolute atomic E-state index is 0.547. The molecule has 0 spiro atoms. The van der Waals surface area contributed by atoms with E-state index in [9.17, 15) is 9.90 Å². The van der Waals surface area contributed by atoms with Crippen LogP contribution in [0.3, 0.4) is 0 Å². The first-order valence-corrected chi connectivity index (χ1v) is 6.29. The molecule has 1 aromatic heterocycles. The summed E-state index contributed by atoms with van der Waals surface area (Å²) in [6.45, 7) is 5.10. The predicted molar refractivity (Wildman–Crippen MR) is 71.2 cm³/mol. The van der Waals surface area contributed by atoms with Gasteiger partial charge in [0.2, 0.25) is 0 Å². The Morgan fingerprint density at radius 2 is 2.28 bits per heavy atom. The summed E-state index contributed by atoms with van der Waals surface area (Å²) in [6.07, 6.45) is 5.12. The zero-order valence-electron chi connectivity index (χ0n) is 11.4. The monoisotopic (exact) mass is 250 g/mol. The molecule has 0 aliphatic carbocycles. The van der Waals surface area contributed by atoms with Crippen molar-refractivity contribution in [2.75, 3.05) is 13.6 Å². The van der Waals surface area contributed by atoms with Gasteiger partial charge >= 0.3 is 5.97 Å². The Hall–Kier alpha value is -1.42. The van der Waals surface area contributed by atoms with Gasteiger partial charge in [-0.15, -0.1) is 0 Å². The predicted octanol–water partition coefficient (Wildman–Crippen LogP) is 2.40. The summed E-state index contributed by atoms with van der Waals surface area (Å²) in [5, 5.41) is 9.34. The molecule has 0 fully saturated rings. The third kappa shape index (κ3) is 4.11. The van der Waals surface area contributed by atoms with Crippen LogP contribution in [0.15, 0.2) is 24.5 Å². The molecule has 0 aliphatic rings. The number of carbonyl (C=O) groups is 1. The van der Waals surface area contributed by atoms with Crippen LogP contribution in [0, 0.1) is 5.41 Å². The largest absolute Gasteiger partial charge is 0.481 e. The van der Waals surface area contributed by atoms with Crippen molar-refractivity contribution < 1.29 is 9.90 Å². The van der Waals surface area contributed by atoms with Crippen molar-refractivity contribution >= 4 is 5.97 Å². The molecule has 4 nitrogen and oxygen atoms in total. The number of aliphatic carboxylic acids is 1. The van der Waals surface area contributed by atoms with Crippen molar-refractivity contribution in [2.24, 2.45) is 5.41 Å². The maximum atomic E-state index is 11.4. The highest BCUT2D eigenvalue weighted by molar-refractivity contribution is 5.74. The number of rotatable bonds is 7. The van der Waals surface area contributed by atoms with E-state index in [1.807, 2.05) is 44.1 Å². The van der Waals surface area contributed by atoms with Crippen LogP contribution < -0.4 is 0 Å². The van der Waals surface area contributed by atoms with Crippen molar-refractivity contribution in [1.82, 2.24) is 9.88 Å². The lowest BCUT2D eigenvalue weighted by Gasteiger charge is -2.29. The quantitative estimate of drug-likeness (QED) is 0.807. The Morgan fingerprint density at radius 3 is 2.78 bits per heavy atom. The Balaban J connectivity index is 2.62. The molecule has 0 saturated heterocycles. The van der Waals surface area contributed by atoms with Crippen molar-refractivity contribution in [2.45, 2.75) is 33.2 Å². The standard InChI is InChI=1S/C14H22N2O2/c1-4-7-14(2,13(17)18)11-16(3)10-12-6-5-8-15-9-12/h5-6,8-9H,4,7,10-11H2,1-3H3,(H,17,18). The third-order valence-corrected chi connectivity index (χ3v) is 3.11. The molecule has 1 N–H and O–H groups in total. The minimum Gasteiger partial charge on any atom is -0.481 e. The number of aromatic nitrogens is 1. The average Bonchev–Trinajstić information content (AvgIpc) is 2.30. The molecular weight excluding hydrogens is 228 g/mol. The van der Waals surface area contributed by atoms with E-state index in [4.69, 9.17) is 0 Å². The summed E-state index contributed by atoms with van der Waals surface area (Å²) in [5.41, 5.74) is 0.426. The van der Waals surface area contributed by atoms with Gasteiger partial charge in [0.25, 0.3) is 0 Å². The van der Waals surface area contributed by atoms with Crippen LogP contribution in [0.2, 0.25) is 0 Å². The van der Waals surface area contributed by atoms with Crippen molar-refractivity contribution in [3.8, 4) is 0 Å². The van der Waals surface area contributed by atoms with Gasteiger partial charge < -0.3 is 10.0 Å². The fourth-order valence-electron chi connectivity index (χ4n) is 2.26. The first-order chi connectivity index (χ1) is 8.48. The number of hydrogen-bond acceptors (Lipinski definition) is 3. The van der Waals surface area contributed by atoms with E-state index in [0.29, 0.717) is 13.0 Å². The molecule has 1 unspecified atom stereocenters. The van der Waals surface area contributed by atoms with Crippen LogP contribution >= 0.6 is 0 Å². The third-order valence-electron chi connectivity index (χ3n) is 3.11. The van der Waals surface area contributed by atoms with Gasteiger partial charge in [0, 0.05) is 25.5 Å². The summed E-state index contributed by atoms with van der Waals surface area (Å²) < 4.78 is 0. The number of nitrogens with zero attached hydrogens (tertiary/aromatic N) is 2. The number of carboxylic acids is 1. The smallest absolute Gasteiger partial charge is 0.310 e. The molecule has 1 aromatic rings. The summed E-state index contributed by atoms with van der Waals surface area (Å²) in [4.78, 5) is 17.5. The van der Waals surface area contributed by atoms with Gasteiger partial charge in [0.05, 0.1) is 5.41 Å². The molecule has 4 heteroatoms. The van der Waals surface area contributed by atoms with Gasteiger partial charge in [-0.25, -0.2) is 0 Å². The zero-order chi connectivity index (χ0) is 13.6. The SMILES string of the molecule is CCCC(C)(CN(C)Cc1cccnc1)C(=O)O. The Labute approximate surface area is 109 Å². The fraction of sp³-hybridized carbons (Fsp3) is 0.571. The van der Waals surface area contributed by atoms with Gasteiger partial charge in [0.15, 0.2) is 0 Å². The highest BCUT2D eigenvalue weighted by Gasteiger charge is 2.33. The van der Waals surface area contributed by atoms with Gasteiger partial charge in [-0.3, -0.25) is 9.78 Å². The molecule has 0 saturated carbocycles. The molecule has 0 aromatic carbocycles. The summed E-state index contributed by atoms with van der Waals surface area (Å²) >= 11 is 0. The van der Waals surface area contributed by atoms with Gasteiger partial charge in [-0.2, -0.15) is 0 Å². The second-order valence-corrected chi connectivity index (χ2v) is 5.15. The first-order valence-electron chi connectivity index (χ1n) is 6.29. The van der Waals surface area contributed by atoms with Crippen LogP contribution in [0.5, 0.6) is 0 Å². The van der Waals surface area contributed by atoms with E-state index in [1.54, 1.807) is 6.20 Å². The molecule has 0 radical (unpaired) electrons. The topological polar surface area (TPSA) is 53.4 Å². The first kappa shape index (κ1) is 14.6. The summed E-state index contributed by atoms with van der Waals surface area (Å²) in [7, 11) is 1.95. The lowest BCUT2D eigenvalue weighted by molar-refractivity contribution is -0.149. The molecule has 0 aliphatic heterocycles. The second kappa shape index (κ2) is 6.50. The van der Waals surface area contributed by atoms with Crippen LogP contribution in [0.25, 0.3) is 0 Å². The molecule has 1 rings (SSSR count). The molecule has 1 heterocycles. The molecule has 0 bridgehead atoms. The number of hydrogen-bond donors (Lipinski definition) is 1. The fourth-order valence-corrected chi connectivity index (χ4v) is 2.26. The normalized spacial score (nSPS) is 14.4. The summed E-state index contributed by atoms with van der Waals surface area (Å²) in [5.74, 6) is -0.720. The van der Waals surface area contributed by atoms with E-state index in [-0.39, 0.29) is 0 Å².